The second-order valence-corrected chi connectivity index (χ2v) is 9.95. The molecule has 1 atom stereocenters. The predicted octanol–water partition coefficient (Wildman–Crippen LogP) is 4.45. The first-order valence-electron chi connectivity index (χ1n) is 7.97. The molecule has 4 nitrogen and oxygen atoms in total. The van der Waals surface area contributed by atoms with E-state index in [0.717, 1.165) is 4.90 Å². The SMILES string of the molecule is CC(Sc1cc(Cl)ccc1Cl)C(=O)NCCCS(=O)(=O)c1ccccc1. The van der Waals surface area contributed by atoms with Crippen molar-refractivity contribution in [3.05, 3.63) is 58.6 Å². The summed E-state index contributed by atoms with van der Waals surface area (Å²) < 4.78 is 24.4. The highest BCUT2D eigenvalue weighted by Crippen LogP contribution is 2.32. The number of benzene rings is 2. The van der Waals surface area contributed by atoms with E-state index in [2.05, 4.69) is 5.32 Å². The zero-order valence-corrected chi connectivity index (χ0v) is 17.3. The molecule has 1 unspecified atom stereocenters. The molecule has 0 radical (unpaired) electrons. The Morgan fingerprint density at radius 1 is 1.15 bits per heavy atom. The van der Waals surface area contributed by atoms with Crippen LogP contribution < -0.4 is 5.32 Å². The van der Waals surface area contributed by atoms with Crippen LogP contribution in [0, 0.1) is 0 Å². The summed E-state index contributed by atoms with van der Waals surface area (Å²) in [5.74, 6) is -0.193. The lowest BCUT2D eigenvalue weighted by Crippen LogP contribution is -2.32. The van der Waals surface area contributed by atoms with Crippen molar-refractivity contribution < 1.29 is 13.2 Å². The lowest BCUT2D eigenvalue weighted by Gasteiger charge is -2.13. The van der Waals surface area contributed by atoms with E-state index < -0.39 is 9.84 Å². The molecular weight excluding hydrogens is 413 g/mol. The summed E-state index contributed by atoms with van der Waals surface area (Å²) in [6.07, 6.45) is 0.346. The van der Waals surface area contributed by atoms with Crippen LogP contribution in [0.25, 0.3) is 0 Å². The van der Waals surface area contributed by atoms with Crippen molar-refractivity contribution in [2.24, 2.45) is 0 Å². The van der Waals surface area contributed by atoms with Crippen LogP contribution in [0.4, 0.5) is 0 Å². The van der Waals surface area contributed by atoms with E-state index in [1.54, 1.807) is 55.5 Å². The molecule has 2 aromatic carbocycles. The minimum atomic E-state index is -3.33. The highest BCUT2D eigenvalue weighted by atomic mass is 35.5. The molecule has 0 saturated carbocycles. The van der Waals surface area contributed by atoms with Crippen LogP contribution in [0.2, 0.25) is 10.0 Å². The monoisotopic (exact) mass is 431 g/mol. The van der Waals surface area contributed by atoms with Gasteiger partial charge in [0.05, 0.1) is 20.9 Å². The molecule has 1 amide bonds. The maximum atomic E-state index is 12.2. The fourth-order valence-electron chi connectivity index (χ4n) is 2.17. The number of sulfone groups is 1. The Balaban J connectivity index is 1.80. The number of hydrogen-bond donors (Lipinski definition) is 1. The van der Waals surface area contributed by atoms with Crippen LogP contribution in [-0.2, 0) is 14.6 Å². The molecule has 140 valence electrons. The second kappa shape index (κ2) is 9.65. The fraction of sp³-hybridized carbons (Fsp3) is 0.278. The molecular formula is C18H19Cl2NO3S2. The van der Waals surface area contributed by atoms with E-state index in [1.807, 2.05) is 0 Å². The van der Waals surface area contributed by atoms with Gasteiger partial charge < -0.3 is 5.32 Å². The molecule has 0 saturated heterocycles. The summed E-state index contributed by atoms with van der Waals surface area (Å²) in [6.45, 7) is 2.05. The summed E-state index contributed by atoms with van der Waals surface area (Å²) in [4.78, 5) is 13.2. The third kappa shape index (κ3) is 6.20. The lowest BCUT2D eigenvalue weighted by molar-refractivity contribution is -0.120. The maximum Gasteiger partial charge on any atom is 0.233 e. The highest BCUT2D eigenvalue weighted by molar-refractivity contribution is 8.00. The zero-order chi connectivity index (χ0) is 19.2. The minimum Gasteiger partial charge on any atom is -0.355 e. The first kappa shape index (κ1) is 21.1. The number of nitrogens with one attached hydrogen (secondary N) is 1. The van der Waals surface area contributed by atoms with Crippen molar-refractivity contribution in [3.8, 4) is 0 Å². The van der Waals surface area contributed by atoms with Gasteiger partial charge in [0.2, 0.25) is 5.91 Å². The van der Waals surface area contributed by atoms with Gasteiger partial charge in [-0.15, -0.1) is 11.8 Å². The van der Waals surface area contributed by atoms with Gasteiger partial charge in [-0.3, -0.25) is 4.79 Å². The Morgan fingerprint density at radius 3 is 2.54 bits per heavy atom. The molecule has 1 N–H and O–H groups in total. The van der Waals surface area contributed by atoms with E-state index >= 15 is 0 Å². The van der Waals surface area contributed by atoms with E-state index in [0.29, 0.717) is 27.9 Å². The van der Waals surface area contributed by atoms with Crippen molar-refractivity contribution in [3.63, 3.8) is 0 Å². The summed E-state index contributed by atoms with van der Waals surface area (Å²) in [5, 5.41) is 3.47. The molecule has 0 aromatic heterocycles. The summed E-state index contributed by atoms with van der Waals surface area (Å²) in [6, 6.07) is 13.4. The van der Waals surface area contributed by atoms with Crippen LogP contribution in [0.5, 0.6) is 0 Å². The smallest absolute Gasteiger partial charge is 0.233 e. The first-order valence-corrected chi connectivity index (χ1v) is 11.3. The predicted molar refractivity (Wildman–Crippen MR) is 108 cm³/mol. The third-order valence-electron chi connectivity index (χ3n) is 3.56. The Labute approximate surface area is 168 Å². The average molecular weight is 432 g/mol. The molecule has 0 spiro atoms. The van der Waals surface area contributed by atoms with E-state index in [-0.39, 0.29) is 16.9 Å². The molecule has 0 heterocycles. The van der Waals surface area contributed by atoms with Crippen LogP contribution in [0.3, 0.4) is 0 Å². The quantitative estimate of drug-likeness (QED) is 0.495. The average Bonchev–Trinajstić information content (AvgIpc) is 2.62. The molecule has 0 aliphatic rings. The van der Waals surface area contributed by atoms with Gasteiger partial charge in [-0.25, -0.2) is 8.42 Å². The molecule has 8 heteroatoms. The lowest BCUT2D eigenvalue weighted by atomic mass is 10.4. The molecule has 2 rings (SSSR count). The Kier molecular flexibility index (Phi) is 7.83. The van der Waals surface area contributed by atoms with Crippen molar-refractivity contribution >= 4 is 50.7 Å². The maximum absolute atomic E-state index is 12.2. The van der Waals surface area contributed by atoms with Crippen molar-refractivity contribution in [1.29, 1.82) is 0 Å². The standard InChI is InChI=1S/C18H19Cl2NO3S2/c1-13(25-17-12-14(19)8-9-16(17)20)18(22)21-10-5-11-26(23,24)15-6-3-2-4-7-15/h2-4,6-9,12-13H,5,10-11H2,1H3,(H,21,22). The van der Waals surface area contributed by atoms with Crippen LogP contribution >= 0.6 is 35.0 Å². The Bertz CT molecular complexity index is 858. The first-order chi connectivity index (χ1) is 12.3. The van der Waals surface area contributed by atoms with Gasteiger partial charge in [-0.05, 0) is 43.7 Å². The number of halogens is 2. The number of carbonyl (C=O) groups excluding carboxylic acids is 1. The third-order valence-corrected chi connectivity index (χ3v) is 7.21. The number of amides is 1. The molecule has 26 heavy (non-hydrogen) atoms. The number of rotatable bonds is 8. The van der Waals surface area contributed by atoms with Gasteiger partial charge in [0, 0.05) is 16.5 Å². The summed E-state index contributed by atoms with van der Waals surface area (Å²) in [7, 11) is -3.33. The van der Waals surface area contributed by atoms with Gasteiger partial charge in [0.1, 0.15) is 0 Å². The summed E-state index contributed by atoms with van der Waals surface area (Å²) >= 11 is 13.4. The Hall–Kier alpha value is -1.21. The largest absolute Gasteiger partial charge is 0.355 e. The summed E-state index contributed by atoms with van der Waals surface area (Å²) in [5.41, 5.74) is 0. The van der Waals surface area contributed by atoms with E-state index in [1.165, 1.54) is 11.8 Å². The van der Waals surface area contributed by atoms with Crippen LogP contribution in [0.15, 0.2) is 58.3 Å². The molecule has 0 aliphatic carbocycles. The number of hydrogen-bond acceptors (Lipinski definition) is 4. The fourth-order valence-corrected chi connectivity index (χ4v) is 4.94. The molecule has 0 aliphatic heterocycles. The topological polar surface area (TPSA) is 63.2 Å². The van der Waals surface area contributed by atoms with Gasteiger partial charge in [-0.1, -0.05) is 41.4 Å². The van der Waals surface area contributed by atoms with E-state index in [9.17, 15) is 13.2 Å². The normalized spacial score (nSPS) is 12.6. The second-order valence-electron chi connectivity index (χ2n) is 5.61. The van der Waals surface area contributed by atoms with Gasteiger partial charge in [0.15, 0.2) is 9.84 Å². The van der Waals surface area contributed by atoms with Crippen molar-refractivity contribution in [1.82, 2.24) is 5.32 Å². The zero-order valence-electron chi connectivity index (χ0n) is 14.1. The molecule has 0 fully saturated rings. The number of carbonyl (C=O) groups is 1. The van der Waals surface area contributed by atoms with Gasteiger partial charge in [-0.2, -0.15) is 0 Å². The van der Waals surface area contributed by atoms with Gasteiger partial charge >= 0.3 is 0 Å². The number of thioether (sulfide) groups is 1. The Morgan fingerprint density at radius 2 is 1.85 bits per heavy atom. The molecule has 0 bridgehead atoms. The van der Waals surface area contributed by atoms with E-state index in [4.69, 9.17) is 23.2 Å². The van der Waals surface area contributed by atoms with Crippen LogP contribution in [-0.4, -0.2) is 31.9 Å². The highest BCUT2D eigenvalue weighted by Gasteiger charge is 2.17. The van der Waals surface area contributed by atoms with Gasteiger partial charge in [0.25, 0.3) is 0 Å². The van der Waals surface area contributed by atoms with Crippen LogP contribution in [0.1, 0.15) is 13.3 Å². The minimum absolute atomic E-state index is 0.0149. The molecule has 2 aromatic rings. The van der Waals surface area contributed by atoms with Crippen molar-refractivity contribution in [2.75, 3.05) is 12.3 Å². The van der Waals surface area contributed by atoms with Crippen molar-refractivity contribution in [2.45, 2.75) is 28.4 Å².